The molecule has 158 valence electrons. The first-order valence-corrected chi connectivity index (χ1v) is 9.82. The Kier molecular flexibility index (Phi) is 10.4. The van der Waals surface area contributed by atoms with Gasteiger partial charge in [-0.25, -0.2) is 4.39 Å². The highest BCUT2D eigenvalue weighted by Crippen LogP contribution is 2.20. The zero-order valence-corrected chi connectivity index (χ0v) is 19.1. The Morgan fingerprint density at radius 1 is 1.07 bits per heavy atom. The Hall–Kier alpha value is -1.71. The molecule has 2 N–H and O–H groups in total. The second-order valence-electron chi connectivity index (χ2n) is 6.83. The van der Waals surface area contributed by atoms with Crippen molar-refractivity contribution >= 4 is 29.9 Å². The fraction of sp³-hybridized carbons (Fsp3) is 0.409. The third-order valence-corrected chi connectivity index (χ3v) is 4.98. The van der Waals surface area contributed by atoms with Crippen LogP contribution in [-0.4, -0.2) is 57.3 Å². The average Bonchev–Trinajstić information content (AvgIpc) is 2.75. The van der Waals surface area contributed by atoms with Crippen molar-refractivity contribution in [2.75, 3.05) is 46.4 Å². The molecule has 1 unspecified atom stereocenters. The maximum atomic E-state index is 13.0. The van der Waals surface area contributed by atoms with Crippen molar-refractivity contribution in [1.82, 2.24) is 15.5 Å². The summed E-state index contributed by atoms with van der Waals surface area (Å²) in [4.78, 5) is 6.79. The van der Waals surface area contributed by atoms with Crippen LogP contribution in [0.3, 0.4) is 0 Å². The molecule has 0 bridgehead atoms. The smallest absolute Gasteiger partial charge is 0.191 e. The van der Waals surface area contributed by atoms with Gasteiger partial charge in [0.1, 0.15) is 5.82 Å². The van der Waals surface area contributed by atoms with Crippen molar-refractivity contribution < 1.29 is 9.13 Å². The molecule has 0 spiro atoms. The van der Waals surface area contributed by atoms with Gasteiger partial charge in [-0.2, -0.15) is 0 Å². The van der Waals surface area contributed by atoms with Gasteiger partial charge in [0.2, 0.25) is 0 Å². The van der Waals surface area contributed by atoms with E-state index in [9.17, 15) is 4.39 Å². The van der Waals surface area contributed by atoms with Crippen molar-refractivity contribution in [3.63, 3.8) is 0 Å². The molecule has 5 nitrogen and oxygen atoms in total. The van der Waals surface area contributed by atoms with Gasteiger partial charge in [0, 0.05) is 33.2 Å². The van der Waals surface area contributed by atoms with E-state index in [4.69, 9.17) is 4.74 Å². The molecule has 29 heavy (non-hydrogen) atoms. The number of morpholine rings is 1. The fourth-order valence-corrected chi connectivity index (χ4v) is 3.41. The standard InChI is InChI=1S/C22H29FN4O.HI/c1-24-22(25-12-11-18-7-9-20(23)10-8-18)26-17-21(19-5-3-2-4-6-19)27-13-15-28-16-14-27;/h2-10,21H,11-17H2,1H3,(H2,24,25,26);1H. The van der Waals surface area contributed by atoms with E-state index in [1.165, 1.54) is 17.7 Å². The maximum Gasteiger partial charge on any atom is 0.191 e. The number of nitrogens with zero attached hydrogens (tertiary/aromatic N) is 2. The number of benzene rings is 2. The predicted octanol–water partition coefficient (Wildman–Crippen LogP) is 3.22. The number of hydrogen-bond donors (Lipinski definition) is 2. The van der Waals surface area contributed by atoms with Gasteiger partial charge < -0.3 is 15.4 Å². The zero-order valence-electron chi connectivity index (χ0n) is 16.8. The molecule has 1 heterocycles. The Morgan fingerprint density at radius 2 is 1.76 bits per heavy atom. The van der Waals surface area contributed by atoms with Gasteiger partial charge in [0.05, 0.1) is 19.3 Å². The van der Waals surface area contributed by atoms with Gasteiger partial charge in [0.15, 0.2) is 5.96 Å². The van der Waals surface area contributed by atoms with Crippen LogP contribution in [0.4, 0.5) is 4.39 Å². The Bertz CT molecular complexity index is 736. The van der Waals surface area contributed by atoms with Crippen LogP contribution >= 0.6 is 24.0 Å². The summed E-state index contributed by atoms with van der Waals surface area (Å²) in [5.74, 6) is 0.570. The topological polar surface area (TPSA) is 48.9 Å². The minimum absolute atomic E-state index is 0. The lowest BCUT2D eigenvalue weighted by Crippen LogP contribution is -2.46. The van der Waals surface area contributed by atoms with E-state index in [1.54, 1.807) is 7.05 Å². The minimum Gasteiger partial charge on any atom is -0.379 e. The van der Waals surface area contributed by atoms with Gasteiger partial charge in [-0.3, -0.25) is 9.89 Å². The molecule has 1 fully saturated rings. The number of aliphatic imine (C=N–C) groups is 1. The van der Waals surface area contributed by atoms with E-state index in [0.29, 0.717) is 0 Å². The van der Waals surface area contributed by atoms with Crippen LogP contribution in [0.1, 0.15) is 17.2 Å². The van der Waals surface area contributed by atoms with Crippen LogP contribution in [0.5, 0.6) is 0 Å². The maximum absolute atomic E-state index is 13.0. The third-order valence-electron chi connectivity index (χ3n) is 4.98. The lowest BCUT2D eigenvalue weighted by molar-refractivity contribution is 0.0170. The molecule has 2 aromatic rings. The fourth-order valence-electron chi connectivity index (χ4n) is 3.41. The molecule has 0 amide bonds. The van der Waals surface area contributed by atoms with Gasteiger partial charge >= 0.3 is 0 Å². The second-order valence-corrected chi connectivity index (χ2v) is 6.83. The molecule has 1 atom stereocenters. The molecular weight excluding hydrogens is 482 g/mol. The van der Waals surface area contributed by atoms with Gasteiger partial charge in [0.25, 0.3) is 0 Å². The number of halogens is 2. The van der Waals surface area contributed by atoms with Crippen LogP contribution in [0.2, 0.25) is 0 Å². The first-order valence-electron chi connectivity index (χ1n) is 9.82. The third kappa shape index (κ3) is 7.56. The summed E-state index contributed by atoms with van der Waals surface area (Å²) >= 11 is 0. The lowest BCUT2D eigenvalue weighted by Gasteiger charge is -2.35. The molecule has 3 rings (SSSR count). The lowest BCUT2D eigenvalue weighted by atomic mass is 10.0. The van der Waals surface area contributed by atoms with E-state index in [-0.39, 0.29) is 35.8 Å². The van der Waals surface area contributed by atoms with Crippen LogP contribution < -0.4 is 10.6 Å². The molecule has 1 saturated heterocycles. The van der Waals surface area contributed by atoms with Gasteiger partial charge in [-0.15, -0.1) is 24.0 Å². The van der Waals surface area contributed by atoms with E-state index < -0.39 is 0 Å². The summed E-state index contributed by atoms with van der Waals surface area (Å²) in [6, 6.07) is 17.4. The SMILES string of the molecule is CN=C(NCCc1ccc(F)cc1)NCC(c1ccccc1)N1CCOCC1.I. The Labute approximate surface area is 189 Å². The highest BCUT2D eigenvalue weighted by atomic mass is 127. The summed E-state index contributed by atoms with van der Waals surface area (Å²) in [5.41, 5.74) is 2.39. The molecule has 2 aromatic carbocycles. The predicted molar refractivity (Wildman–Crippen MR) is 126 cm³/mol. The first-order chi connectivity index (χ1) is 13.8. The van der Waals surface area contributed by atoms with Crippen LogP contribution in [-0.2, 0) is 11.2 Å². The largest absolute Gasteiger partial charge is 0.379 e. The van der Waals surface area contributed by atoms with E-state index in [0.717, 1.165) is 57.3 Å². The number of nitrogens with one attached hydrogen (secondary N) is 2. The highest BCUT2D eigenvalue weighted by Gasteiger charge is 2.22. The van der Waals surface area contributed by atoms with Gasteiger partial charge in [-0.05, 0) is 29.7 Å². The van der Waals surface area contributed by atoms with Gasteiger partial charge in [-0.1, -0.05) is 42.5 Å². The van der Waals surface area contributed by atoms with Crippen molar-refractivity contribution in [1.29, 1.82) is 0 Å². The molecule has 0 aliphatic carbocycles. The molecule has 0 aromatic heterocycles. The minimum atomic E-state index is -0.204. The molecule has 0 radical (unpaired) electrons. The molecular formula is C22H30FIN4O. The van der Waals surface area contributed by atoms with Crippen molar-refractivity contribution in [3.05, 3.63) is 71.5 Å². The van der Waals surface area contributed by atoms with E-state index >= 15 is 0 Å². The van der Waals surface area contributed by atoms with Crippen LogP contribution in [0.15, 0.2) is 59.6 Å². The van der Waals surface area contributed by atoms with E-state index in [2.05, 4.69) is 44.8 Å². The highest BCUT2D eigenvalue weighted by molar-refractivity contribution is 14.0. The molecule has 1 aliphatic heterocycles. The zero-order chi connectivity index (χ0) is 19.6. The normalized spacial score (nSPS) is 16.0. The van der Waals surface area contributed by atoms with Crippen LogP contribution in [0.25, 0.3) is 0 Å². The number of ether oxygens (including phenoxy) is 1. The Morgan fingerprint density at radius 3 is 2.41 bits per heavy atom. The summed E-state index contributed by atoms with van der Waals surface area (Å²) in [5, 5.41) is 6.80. The van der Waals surface area contributed by atoms with E-state index in [1.807, 2.05) is 18.2 Å². The Balaban J connectivity index is 0.00000300. The average molecular weight is 512 g/mol. The molecule has 1 aliphatic rings. The number of hydrogen-bond acceptors (Lipinski definition) is 3. The summed E-state index contributed by atoms with van der Waals surface area (Å²) < 4.78 is 18.5. The summed E-state index contributed by atoms with van der Waals surface area (Å²) in [6.45, 7) is 4.90. The number of rotatable bonds is 7. The number of guanidine groups is 1. The summed E-state index contributed by atoms with van der Waals surface area (Å²) in [7, 11) is 1.78. The van der Waals surface area contributed by atoms with Crippen molar-refractivity contribution in [2.24, 2.45) is 4.99 Å². The first kappa shape index (κ1) is 23.6. The van der Waals surface area contributed by atoms with Crippen molar-refractivity contribution in [3.8, 4) is 0 Å². The molecule has 0 saturated carbocycles. The summed E-state index contributed by atoms with van der Waals surface area (Å²) in [6.07, 6.45) is 0.812. The van der Waals surface area contributed by atoms with Crippen molar-refractivity contribution in [2.45, 2.75) is 12.5 Å². The second kappa shape index (κ2) is 12.8. The monoisotopic (exact) mass is 512 g/mol. The van der Waals surface area contributed by atoms with Crippen LogP contribution in [0, 0.1) is 5.82 Å². The quantitative estimate of drug-likeness (QED) is 0.340. The molecule has 7 heteroatoms.